The topological polar surface area (TPSA) is 52.4 Å². The Hall–Kier alpha value is -0.520. The number of nitrogens with zero attached hydrogens (tertiary/aromatic N) is 2. The Morgan fingerprint density at radius 3 is 2.45 bits per heavy atom. The molecule has 0 aromatic heterocycles. The Kier molecular flexibility index (Phi) is 1.18. The summed E-state index contributed by atoms with van der Waals surface area (Å²) in [5.74, 6) is 0. The van der Waals surface area contributed by atoms with Crippen LogP contribution in [0.5, 0.6) is 0 Å². The maximum Gasteiger partial charge on any atom is 0.414 e. The fourth-order valence-electron chi connectivity index (χ4n) is 0.704. The van der Waals surface area contributed by atoms with Gasteiger partial charge < -0.3 is 9.47 Å². The number of hydrogen-bond acceptors (Lipinski definition) is 5. The van der Waals surface area contributed by atoms with E-state index in [0.29, 0.717) is 0 Å². The van der Waals surface area contributed by atoms with Crippen LogP contribution in [0.25, 0.3) is 0 Å². The van der Waals surface area contributed by atoms with E-state index in [0.717, 1.165) is 0 Å². The maximum absolute atomic E-state index is 6.90. The monoisotopic (exact) mass is 163 g/mol. The van der Waals surface area contributed by atoms with Crippen molar-refractivity contribution in [2.24, 2.45) is 10.2 Å². The molecule has 0 amide bonds. The second-order valence-corrected chi connectivity index (χ2v) is 2.58. The summed E-state index contributed by atoms with van der Waals surface area (Å²) in [7, 11) is -1.43. The number of hydrogen-bond donors (Lipinski definition) is 0. The Bertz CT molecular complexity index is 253. The molecular weight excluding hydrogens is 148 g/mol. The molecule has 1 heterocycles. The second kappa shape index (κ2) is 2.51. The number of ether oxygens (including phenoxy) is 3. The number of methoxy groups -OCH3 is 2. The summed E-state index contributed by atoms with van der Waals surface area (Å²) in [4.78, 5) is 0. The van der Waals surface area contributed by atoms with Crippen LogP contribution in [0, 0.1) is 0 Å². The third-order valence-corrected chi connectivity index (χ3v) is 1.18. The van der Waals surface area contributed by atoms with E-state index in [9.17, 15) is 0 Å². The van der Waals surface area contributed by atoms with E-state index in [4.69, 9.17) is 13.6 Å². The van der Waals surface area contributed by atoms with Gasteiger partial charge in [-0.25, -0.2) is 0 Å². The first-order chi connectivity index (χ1) is 6.18. The van der Waals surface area contributed by atoms with Crippen molar-refractivity contribution in [2.45, 2.75) is 25.7 Å². The zero-order valence-electron chi connectivity index (χ0n) is 9.62. The summed E-state index contributed by atoms with van der Waals surface area (Å²) in [6, 6.07) is 0. The molecule has 0 spiro atoms. The Balaban J connectivity index is 2.77. The van der Waals surface area contributed by atoms with Gasteiger partial charge in [0.05, 0.1) is 4.11 Å². The summed E-state index contributed by atoms with van der Waals surface area (Å²) < 4.78 is 35.1. The molecule has 0 fully saturated rings. The molecular formula is C6H12N2O3. The van der Waals surface area contributed by atoms with Gasteiger partial charge in [0.1, 0.15) is 0 Å². The molecule has 64 valence electrons. The normalized spacial score (nSPS) is 39.7. The molecule has 1 atom stereocenters. The van der Waals surface area contributed by atoms with Gasteiger partial charge in [-0.1, -0.05) is 5.11 Å². The van der Waals surface area contributed by atoms with E-state index in [1.165, 1.54) is 7.11 Å². The molecule has 0 radical (unpaired) electrons. The average Bonchev–Trinajstić information content (AvgIpc) is 2.24. The first kappa shape index (κ1) is 5.18. The minimum absolute atomic E-state index is 0.943. The molecule has 0 saturated heterocycles. The zero-order valence-corrected chi connectivity index (χ0v) is 6.62. The predicted octanol–water partition coefficient (Wildman–Crippen LogP) is 1.11. The van der Waals surface area contributed by atoms with Gasteiger partial charge in [-0.05, 0) is 13.8 Å². The van der Waals surface area contributed by atoms with Gasteiger partial charge >= 0.3 is 6.10 Å². The van der Waals surface area contributed by atoms with E-state index in [1.54, 1.807) is 13.8 Å². The highest BCUT2D eigenvalue weighted by Crippen LogP contribution is 2.32. The van der Waals surface area contributed by atoms with Gasteiger partial charge in [0.15, 0.2) is 5.72 Å². The van der Waals surface area contributed by atoms with Crippen molar-refractivity contribution >= 4 is 0 Å². The molecule has 1 unspecified atom stereocenters. The zero-order chi connectivity index (χ0) is 11.0. The highest BCUT2D eigenvalue weighted by atomic mass is 16.9. The van der Waals surface area contributed by atoms with E-state index < -0.39 is 18.9 Å². The summed E-state index contributed by atoms with van der Waals surface area (Å²) in [5, 5.41) is 7.20. The fourth-order valence-corrected chi connectivity index (χ4v) is 0.704. The van der Waals surface area contributed by atoms with Gasteiger partial charge in [0, 0.05) is 14.1 Å². The van der Waals surface area contributed by atoms with E-state index in [2.05, 4.69) is 15.0 Å². The minimum atomic E-state index is -2.66. The van der Waals surface area contributed by atoms with Crippen LogP contribution in [0.2, 0.25) is 0 Å². The molecule has 5 nitrogen and oxygen atoms in total. The average molecular weight is 163 g/mol. The largest absolute Gasteiger partial charge is 0.414 e. The van der Waals surface area contributed by atoms with Crippen molar-refractivity contribution in [3.05, 3.63) is 0 Å². The van der Waals surface area contributed by atoms with Crippen LogP contribution in [-0.4, -0.2) is 26.0 Å². The summed E-state index contributed by atoms with van der Waals surface area (Å²) in [5.41, 5.74) is -0.943. The first-order valence-corrected chi connectivity index (χ1v) is 3.08. The minimum Gasteiger partial charge on any atom is -0.310 e. The van der Waals surface area contributed by atoms with Crippen molar-refractivity contribution in [1.29, 1.82) is 0 Å². The van der Waals surface area contributed by atoms with Crippen LogP contribution in [0.15, 0.2) is 10.2 Å². The van der Waals surface area contributed by atoms with Crippen LogP contribution in [-0.2, 0) is 14.2 Å². The highest BCUT2D eigenvalue weighted by molar-refractivity contribution is 4.72. The maximum atomic E-state index is 6.90. The highest BCUT2D eigenvalue weighted by Gasteiger charge is 2.44. The quantitative estimate of drug-likeness (QED) is 0.573. The fraction of sp³-hybridized carbons (Fsp3) is 1.00. The lowest BCUT2D eigenvalue weighted by Crippen LogP contribution is -2.36. The van der Waals surface area contributed by atoms with Crippen LogP contribution in [0.1, 0.15) is 18.0 Å². The van der Waals surface area contributed by atoms with Crippen molar-refractivity contribution in [3.8, 4) is 0 Å². The summed E-state index contributed by atoms with van der Waals surface area (Å²) in [6.07, 6.45) is -1.95. The molecule has 11 heavy (non-hydrogen) atoms. The van der Waals surface area contributed by atoms with Gasteiger partial charge in [-0.15, -0.1) is 0 Å². The third kappa shape index (κ3) is 1.55. The third-order valence-electron chi connectivity index (χ3n) is 1.18. The van der Waals surface area contributed by atoms with Crippen molar-refractivity contribution in [1.82, 2.24) is 0 Å². The van der Waals surface area contributed by atoms with Crippen molar-refractivity contribution < 1.29 is 18.3 Å². The van der Waals surface area contributed by atoms with Crippen molar-refractivity contribution in [3.63, 3.8) is 0 Å². The Morgan fingerprint density at radius 1 is 1.36 bits per heavy atom. The lowest BCUT2D eigenvalue weighted by molar-refractivity contribution is -0.366. The predicted molar refractivity (Wildman–Crippen MR) is 36.8 cm³/mol. The molecule has 5 heteroatoms. The lowest BCUT2D eigenvalue weighted by Gasteiger charge is -2.23. The van der Waals surface area contributed by atoms with Crippen LogP contribution in [0.4, 0.5) is 0 Å². The Morgan fingerprint density at radius 2 is 2.09 bits per heavy atom. The Labute approximate surface area is 69.6 Å². The van der Waals surface area contributed by atoms with Crippen LogP contribution >= 0.6 is 0 Å². The molecule has 0 aromatic carbocycles. The SMILES string of the molecule is [2H]C([2H])([2H])OC1(OC)N=NC(C)(C)O1. The van der Waals surface area contributed by atoms with E-state index in [1.807, 2.05) is 0 Å². The molecule has 0 saturated carbocycles. The summed E-state index contributed by atoms with van der Waals surface area (Å²) >= 11 is 0. The summed E-state index contributed by atoms with van der Waals surface area (Å²) in [6.45, 7) is 3.22. The van der Waals surface area contributed by atoms with Crippen LogP contribution in [0.3, 0.4) is 0 Å². The number of azo groups is 1. The molecule has 1 aliphatic rings. The standard InChI is InChI=1S/C6H12N2O3/c1-5(2)7-8-6(9-3,10-4)11-5/h1-4H3/i3D3. The van der Waals surface area contributed by atoms with E-state index >= 15 is 0 Å². The second-order valence-electron chi connectivity index (χ2n) is 2.58. The molecule has 1 rings (SSSR count). The smallest absolute Gasteiger partial charge is 0.310 e. The number of rotatable bonds is 2. The van der Waals surface area contributed by atoms with Crippen LogP contribution < -0.4 is 0 Å². The van der Waals surface area contributed by atoms with Gasteiger partial charge in [0.25, 0.3) is 0 Å². The van der Waals surface area contributed by atoms with Gasteiger partial charge in [-0.2, -0.15) is 5.11 Å². The molecule has 0 N–H and O–H groups in total. The molecule has 0 aliphatic carbocycles. The van der Waals surface area contributed by atoms with Gasteiger partial charge in [0.2, 0.25) is 0 Å². The first-order valence-electron chi connectivity index (χ1n) is 4.58. The van der Waals surface area contributed by atoms with Crippen molar-refractivity contribution in [2.75, 3.05) is 14.1 Å². The molecule has 1 aliphatic heterocycles. The molecule has 0 aromatic rings. The molecule has 0 bridgehead atoms. The van der Waals surface area contributed by atoms with Gasteiger partial charge in [-0.3, -0.25) is 4.74 Å². The lowest BCUT2D eigenvalue weighted by atomic mass is 10.3. The van der Waals surface area contributed by atoms with E-state index in [-0.39, 0.29) is 0 Å².